The van der Waals surface area contributed by atoms with E-state index in [4.69, 9.17) is 10.8 Å². The summed E-state index contributed by atoms with van der Waals surface area (Å²) in [6.07, 6.45) is 4.90. The molecule has 0 atom stereocenters. The van der Waals surface area contributed by atoms with Crippen molar-refractivity contribution < 1.29 is 5.11 Å². The molecule has 0 aliphatic heterocycles. The van der Waals surface area contributed by atoms with Gasteiger partial charge in [-0.05, 0) is 18.4 Å². The van der Waals surface area contributed by atoms with Crippen LogP contribution in [0.5, 0.6) is 0 Å². The normalized spacial score (nSPS) is 9.91. The first kappa shape index (κ1) is 7.94. The van der Waals surface area contributed by atoms with Crippen LogP contribution in [0.1, 0.15) is 12.0 Å². The van der Waals surface area contributed by atoms with E-state index >= 15 is 0 Å². The Labute approximate surface area is 65.1 Å². The van der Waals surface area contributed by atoms with Crippen LogP contribution in [-0.4, -0.2) is 21.7 Å². The molecule has 0 radical (unpaired) electrons. The molecule has 4 heteroatoms. The minimum atomic E-state index is 0.199. The number of aliphatic hydroxyl groups is 1. The van der Waals surface area contributed by atoms with Gasteiger partial charge in [0.2, 0.25) is 5.95 Å². The van der Waals surface area contributed by atoms with E-state index in [0.717, 1.165) is 18.4 Å². The van der Waals surface area contributed by atoms with Gasteiger partial charge in [-0.1, -0.05) is 0 Å². The summed E-state index contributed by atoms with van der Waals surface area (Å²) in [6.45, 7) is 0.199. The molecular weight excluding hydrogens is 142 g/mol. The van der Waals surface area contributed by atoms with E-state index in [1.165, 1.54) is 0 Å². The molecule has 0 saturated heterocycles. The summed E-state index contributed by atoms with van der Waals surface area (Å²) in [6, 6.07) is 0. The van der Waals surface area contributed by atoms with E-state index < -0.39 is 0 Å². The monoisotopic (exact) mass is 153 g/mol. The van der Waals surface area contributed by atoms with Gasteiger partial charge in [0.05, 0.1) is 0 Å². The largest absolute Gasteiger partial charge is 0.396 e. The second kappa shape index (κ2) is 3.88. The Morgan fingerprint density at radius 1 is 1.36 bits per heavy atom. The average molecular weight is 153 g/mol. The van der Waals surface area contributed by atoms with E-state index in [-0.39, 0.29) is 12.6 Å². The summed E-state index contributed by atoms with van der Waals surface area (Å²) in [5.41, 5.74) is 6.29. The Bertz CT molecular complexity index is 209. The van der Waals surface area contributed by atoms with Gasteiger partial charge in [-0.25, -0.2) is 9.97 Å². The number of nitrogens with zero attached hydrogens (tertiary/aromatic N) is 2. The zero-order valence-electron chi connectivity index (χ0n) is 6.20. The molecule has 0 fully saturated rings. The van der Waals surface area contributed by atoms with Gasteiger partial charge in [0, 0.05) is 19.0 Å². The summed E-state index contributed by atoms with van der Waals surface area (Å²) < 4.78 is 0. The minimum absolute atomic E-state index is 0.199. The average Bonchev–Trinajstić information content (AvgIpc) is 2.04. The molecule has 4 nitrogen and oxygen atoms in total. The predicted octanol–water partition coefficient (Wildman–Crippen LogP) is -0.0163. The topological polar surface area (TPSA) is 72.0 Å². The second-order valence-electron chi connectivity index (χ2n) is 2.28. The number of rotatable bonds is 3. The van der Waals surface area contributed by atoms with E-state index in [1.807, 2.05) is 0 Å². The lowest BCUT2D eigenvalue weighted by atomic mass is 10.2. The molecule has 60 valence electrons. The van der Waals surface area contributed by atoms with Crippen molar-refractivity contribution in [2.75, 3.05) is 12.3 Å². The maximum atomic E-state index is 8.52. The molecule has 1 aromatic heterocycles. The molecule has 0 aliphatic carbocycles. The van der Waals surface area contributed by atoms with Crippen LogP contribution in [0.2, 0.25) is 0 Å². The Kier molecular flexibility index (Phi) is 2.80. The highest BCUT2D eigenvalue weighted by molar-refractivity contribution is 5.16. The fraction of sp³-hybridized carbons (Fsp3) is 0.429. The zero-order valence-corrected chi connectivity index (χ0v) is 6.20. The number of nitrogens with two attached hydrogens (primary N) is 1. The van der Waals surface area contributed by atoms with Crippen molar-refractivity contribution in [1.82, 2.24) is 9.97 Å². The number of nitrogen functional groups attached to an aromatic ring is 1. The maximum Gasteiger partial charge on any atom is 0.219 e. The van der Waals surface area contributed by atoms with Gasteiger partial charge >= 0.3 is 0 Å². The number of hydrogen-bond acceptors (Lipinski definition) is 4. The molecule has 0 amide bonds. The summed E-state index contributed by atoms with van der Waals surface area (Å²) in [4.78, 5) is 7.63. The molecule has 0 bridgehead atoms. The molecule has 1 aromatic rings. The number of aryl methyl sites for hydroxylation is 1. The first-order chi connectivity index (χ1) is 5.33. The van der Waals surface area contributed by atoms with Crippen LogP contribution in [0, 0.1) is 0 Å². The molecule has 0 saturated carbocycles. The Balaban J connectivity index is 2.52. The number of aliphatic hydroxyl groups excluding tert-OH is 1. The van der Waals surface area contributed by atoms with Crippen molar-refractivity contribution >= 4 is 5.95 Å². The van der Waals surface area contributed by atoms with Gasteiger partial charge in [-0.2, -0.15) is 0 Å². The van der Waals surface area contributed by atoms with E-state index in [0.29, 0.717) is 0 Å². The van der Waals surface area contributed by atoms with Crippen molar-refractivity contribution in [1.29, 1.82) is 0 Å². The molecule has 1 heterocycles. The van der Waals surface area contributed by atoms with E-state index in [1.54, 1.807) is 12.4 Å². The molecule has 11 heavy (non-hydrogen) atoms. The Morgan fingerprint density at radius 2 is 2.00 bits per heavy atom. The highest BCUT2D eigenvalue weighted by atomic mass is 16.2. The van der Waals surface area contributed by atoms with Crippen molar-refractivity contribution in [2.45, 2.75) is 12.8 Å². The summed E-state index contributed by atoms with van der Waals surface area (Å²) >= 11 is 0. The summed E-state index contributed by atoms with van der Waals surface area (Å²) in [7, 11) is 0. The third kappa shape index (κ3) is 2.51. The highest BCUT2D eigenvalue weighted by Gasteiger charge is 1.92. The standard InChI is InChI=1S/C7H11N3O/c8-7-9-4-6(5-10-7)2-1-3-11/h4-5,11H,1-3H2,(H2,8,9,10). The number of anilines is 1. The van der Waals surface area contributed by atoms with Crippen LogP contribution in [0.3, 0.4) is 0 Å². The fourth-order valence-electron chi connectivity index (χ4n) is 0.777. The lowest BCUT2D eigenvalue weighted by molar-refractivity contribution is 0.288. The van der Waals surface area contributed by atoms with E-state index in [9.17, 15) is 0 Å². The third-order valence-corrected chi connectivity index (χ3v) is 1.35. The maximum absolute atomic E-state index is 8.52. The van der Waals surface area contributed by atoms with Crippen molar-refractivity contribution in [3.8, 4) is 0 Å². The first-order valence-corrected chi connectivity index (χ1v) is 3.50. The quantitative estimate of drug-likeness (QED) is 0.640. The molecule has 3 N–H and O–H groups in total. The van der Waals surface area contributed by atoms with Gasteiger partial charge in [-0.3, -0.25) is 0 Å². The molecule has 1 rings (SSSR count). The van der Waals surface area contributed by atoms with E-state index in [2.05, 4.69) is 9.97 Å². The lowest BCUT2D eigenvalue weighted by Crippen LogP contribution is -1.96. The molecule has 0 aromatic carbocycles. The van der Waals surface area contributed by atoms with Crippen LogP contribution in [-0.2, 0) is 6.42 Å². The van der Waals surface area contributed by atoms with Gasteiger partial charge in [-0.15, -0.1) is 0 Å². The molecule has 0 unspecified atom stereocenters. The van der Waals surface area contributed by atoms with Crippen LogP contribution in [0.15, 0.2) is 12.4 Å². The zero-order chi connectivity index (χ0) is 8.10. The lowest BCUT2D eigenvalue weighted by Gasteiger charge is -1.97. The first-order valence-electron chi connectivity index (χ1n) is 3.50. The van der Waals surface area contributed by atoms with Gasteiger partial charge in [0.15, 0.2) is 0 Å². The molecular formula is C7H11N3O. The molecule has 0 spiro atoms. The van der Waals surface area contributed by atoms with Crippen LogP contribution in [0.25, 0.3) is 0 Å². The van der Waals surface area contributed by atoms with Crippen LogP contribution >= 0.6 is 0 Å². The third-order valence-electron chi connectivity index (χ3n) is 1.35. The van der Waals surface area contributed by atoms with Gasteiger partial charge < -0.3 is 10.8 Å². The fourth-order valence-corrected chi connectivity index (χ4v) is 0.777. The number of aromatic nitrogens is 2. The van der Waals surface area contributed by atoms with Crippen molar-refractivity contribution in [3.05, 3.63) is 18.0 Å². The second-order valence-corrected chi connectivity index (χ2v) is 2.28. The predicted molar refractivity (Wildman–Crippen MR) is 41.9 cm³/mol. The van der Waals surface area contributed by atoms with Crippen molar-refractivity contribution in [2.24, 2.45) is 0 Å². The van der Waals surface area contributed by atoms with Crippen LogP contribution in [0.4, 0.5) is 5.95 Å². The SMILES string of the molecule is Nc1ncc(CCCO)cn1. The smallest absolute Gasteiger partial charge is 0.219 e. The van der Waals surface area contributed by atoms with Crippen molar-refractivity contribution in [3.63, 3.8) is 0 Å². The highest BCUT2D eigenvalue weighted by Crippen LogP contribution is 1.99. The summed E-state index contributed by atoms with van der Waals surface area (Å²) in [5.74, 6) is 0.290. The Hall–Kier alpha value is -1.16. The molecule has 0 aliphatic rings. The van der Waals surface area contributed by atoms with Gasteiger partial charge in [0.25, 0.3) is 0 Å². The minimum Gasteiger partial charge on any atom is -0.396 e. The van der Waals surface area contributed by atoms with Crippen LogP contribution < -0.4 is 5.73 Å². The summed E-state index contributed by atoms with van der Waals surface area (Å²) in [5, 5.41) is 8.52. The Morgan fingerprint density at radius 3 is 2.55 bits per heavy atom. The number of hydrogen-bond donors (Lipinski definition) is 2. The van der Waals surface area contributed by atoms with Gasteiger partial charge in [0.1, 0.15) is 0 Å².